The zero-order valence-corrected chi connectivity index (χ0v) is 57.5. The fourth-order valence-electron chi connectivity index (χ4n) is 9.35. The number of aldehydes is 1. The van der Waals surface area contributed by atoms with Crippen LogP contribution >= 0.6 is 0 Å². The molecule has 8 atom stereocenters. The Morgan fingerprint density at radius 2 is 1.10 bits per heavy atom. The highest BCUT2D eigenvalue weighted by Gasteiger charge is 2.43. The van der Waals surface area contributed by atoms with Crippen LogP contribution in [0.25, 0.3) is 0 Å². The highest BCUT2D eigenvalue weighted by molar-refractivity contribution is 7.82. The maximum atomic E-state index is 14.1. The van der Waals surface area contributed by atoms with Gasteiger partial charge in [0.1, 0.15) is 18.4 Å². The zero-order chi connectivity index (χ0) is 66.2. The Kier molecular flexibility index (Phi) is 36.3. The van der Waals surface area contributed by atoms with Gasteiger partial charge in [-0.05, 0) is 114 Å². The van der Waals surface area contributed by atoms with Gasteiger partial charge in [-0.1, -0.05) is 130 Å². The molecule has 0 bridgehead atoms. The van der Waals surface area contributed by atoms with Crippen LogP contribution in [0.2, 0.25) is 0 Å². The van der Waals surface area contributed by atoms with Crippen LogP contribution in [0.5, 0.6) is 0 Å². The monoisotopic (exact) mass is 1250 g/mol. The molecule has 2 saturated heterocycles. The molecule has 20 nitrogen and oxygen atoms in total. The summed E-state index contributed by atoms with van der Waals surface area (Å²) < 4.78 is 34.5. The van der Waals surface area contributed by atoms with Crippen LogP contribution < -0.4 is 26.6 Å². The van der Waals surface area contributed by atoms with Crippen molar-refractivity contribution in [1.82, 2.24) is 49.9 Å². The maximum Gasteiger partial charge on any atom is 0.410 e. The average Bonchev–Trinajstić information content (AvgIpc) is 2.07. The van der Waals surface area contributed by atoms with Gasteiger partial charge in [0.2, 0.25) is 18.2 Å². The van der Waals surface area contributed by atoms with Crippen molar-refractivity contribution in [3.8, 4) is 0 Å². The van der Waals surface area contributed by atoms with Crippen molar-refractivity contribution in [3.63, 3.8) is 0 Å². The number of nitrogens with zero attached hydrogens (tertiary/aromatic N) is 5. The van der Waals surface area contributed by atoms with Crippen LogP contribution in [0.3, 0.4) is 0 Å². The Morgan fingerprint density at radius 3 is 1.47 bits per heavy atom. The van der Waals surface area contributed by atoms with E-state index in [1.165, 1.54) is 4.90 Å². The van der Waals surface area contributed by atoms with Crippen molar-refractivity contribution in [2.24, 2.45) is 10.8 Å². The second-order valence-electron chi connectivity index (χ2n) is 24.4. The fraction of sp³-hybridized carbons (Fsp3) is 0.615. The Bertz CT molecular complexity index is 2580. The van der Waals surface area contributed by atoms with Crippen LogP contribution in [-0.4, -0.2) is 202 Å². The molecule has 5 N–H and O–H groups in total. The van der Waals surface area contributed by atoms with Gasteiger partial charge in [0.05, 0.1) is 34.6 Å². The molecule has 3 aromatic rings. The number of rotatable bonds is 24. The first kappa shape index (κ1) is 79.1. The molecule has 2 aliphatic heterocycles. The standard InChI is InChI=1S/C44H61N7O6S2.C14H28N2O3.C3H7NO.2C2H6/c1-44(2,3)40(45-4)43(55)51-28-37(26-39(51)30-50(59(6)57)24-22-33-15-11-8-12-16-33)47-42(54)35-19-17-34(18-20-35)41(53)46-36-25-38(48(27-36)31-52)29-49(58(5)56)23-21-32-13-9-7-10-14-32;1-10(13(2,3)4)15-11(17)9-16(8)12(18)19-14(5,6)7;1-4-2-3-5;2*1-2/h7-20,31,36-40,45H,21-30H2,1-6H3,(H,46,53)(H,47,54);10H,9H2,1-8H3,(H,15,17);3-4H,2H2,1H3;2*1-2H3. The van der Waals surface area contributed by atoms with E-state index < -0.39 is 39.7 Å². The molecule has 490 valence electrons. The van der Waals surface area contributed by atoms with E-state index in [2.05, 4.69) is 47.4 Å². The Hall–Kier alpha value is -5.91. The van der Waals surface area contributed by atoms with Crippen LogP contribution in [-0.2, 0) is 58.7 Å². The molecule has 87 heavy (non-hydrogen) atoms. The summed E-state index contributed by atoms with van der Waals surface area (Å²) in [7, 11) is 2.55. The molecule has 0 aromatic heterocycles. The quantitative estimate of drug-likeness (QED) is 0.0577. The van der Waals surface area contributed by atoms with E-state index >= 15 is 0 Å². The summed E-state index contributed by atoms with van der Waals surface area (Å²) in [5.41, 5.74) is 2.10. The molecule has 0 radical (unpaired) electrons. The van der Waals surface area contributed by atoms with E-state index in [1.807, 2.05) is 130 Å². The number of ether oxygens (including phenoxy) is 1. The number of hydrogen-bond donors (Lipinski definition) is 5. The minimum atomic E-state index is -1.28. The number of amides is 6. The van der Waals surface area contributed by atoms with E-state index in [-0.39, 0.29) is 71.2 Å². The van der Waals surface area contributed by atoms with Gasteiger partial charge in [-0.25, -0.2) is 21.8 Å². The molecule has 3 aromatic carbocycles. The number of carbonyl (C=O) groups is 7. The van der Waals surface area contributed by atoms with Crippen molar-refractivity contribution in [1.29, 1.82) is 0 Å². The third-order valence-corrected chi connectivity index (χ3v) is 16.5. The Morgan fingerprint density at radius 1 is 0.667 bits per heavy atom. The summed E-state index contributed by atoms with van der Waals surface area (Å²) >= 11 is 0. The molecule has 0 saturated carbocycles. The first-order valence-electron chi connectivity index (χ1n) is 30.4. The van der Waals surface area contributed by atoms with Crippen molar-refractivity contribution >= 4 is 64.4 Å². The molecular weight excluding hydrogens is 1140 g/mol. The lowest BCUT2D eigenvalue weighted by Gasteiger charge is -2.36. The van der Waals surface area contributed by atoms with E-state index in [0.717, 1.165) is 30.2 Å². The molecule has 6 amide bonds. The van der Waals surface area contributed by atoms with Crippen LogP contribution in [0.15, 0.2) is 84.9 Å². The van der Waals surface area contributed by atoms with Crippen LogP contribution in [0, 0.1) is 10.8 Å². The lowest BCUT2D eigenvalue weighted by molar-refractivity contribution is -0.137. The summed E-state index contributed by atoms with van der Waals surface area (Å²) in [4.78, 5) is 90.7. The summed E-state index contributed by atoms with van der Waals surface area (Å²) in [6.45, 7) is 30.6. The first-order chi connectivity index (χ1) is 40.9. The second-order valence-corrected chi connectivity index (χ2v) is 27.1. The normalized spacial score (nSPS) is 17.8. The van der Waals surface area contributed by atoms with Gasteiger partial charge in [0.15, 0.2) is 0 Å². The Balaban J connectivity index is 0.00000113. The van der Waals surface area contributed by atoms with Crippen LogP contribution in [0.1, 0.15) is 142 Å². The largest absolute Gasteiger partial charge is 0.444 e. The number of hydrogen-bond acceptors (Lipinski definition) is 12. The van der Waals surface area contributed by atoms with Crippen molar-refractivity contribution in [3.05, 3.63) is 107 Å². The summed E-state index contributed by atoms with van der Waals surface area (Å²) in [6.07, 6.45) is 6.87. The molecule has 0 aliphatic carbocycles. The highest BCUT2D eigenvalue weighted by atomic mass is 32.2. The van der Waals surface area contributed by atoms with Gasteiger partial charge < -0.3 is 50.8 Å². The van der Waals surface area contributed by atoms with E-state index in [0.29, 0.717) is 76.2 Å². The molecule has 2 aliphatic rings. The summed E-state index contributed by atoms with van der Waals surface area (Å²) in [5, 5.41) is 14.9. The second kappa shape index (κ2) is 39.9. The van der Waals surface area contributed by atoms with Crippen LogP contribution in [0.4, 0.5) is 4.79 Å². The SMILES string of the molecule is CC.CC.CC(NC(=O)CN(C)C(=O)OC(C)(C)C)C(C)(C)C.CNC(C(=O)N1CC(NC(=O)c2ccc(C(=O)NC3CC(CN(CCc4ccccc4)S(C)=O)N(C=O)C3)cc2)CC1CN(CCc1ccccc1)S(C)=O)C(C)(C)C.CNCC=O. The molecule has 5 rings (SSSR count). The number of carbonyl (C=O) groups excluding carboxylic acids is 7. The molecule has 22 heteroatoms. The predicted octanol–water partition coefficient (Wildman–Crippen LogP) is 6.89. The van der Waals surface area contributed by atoms with Crippen molar-refractivity contribution < 1.29 is 46.7 Å². The molecular formula is C65H108N10O10S2. The van der Waals surface area contributed by atoms with Gasteiger partial charge in [0, 0.05) is 100 Å². The highest BCUT2D eigenvalue weighted by Crippen LogP contribution is 2.28. The predicted molar refractivity (Wildman–Crippen MR) is 353 cm³/mol. The fourth-order valence-corrected chi connectivity index (χ4v) is 10.8. The van der Waals surface area contributed by atoms with E-state index in [4.69, 9.17) is 4.74 Å². The van der Waals surface area contributed by atoms with Crippen molar-refractivity contribution in [2.75, 3.05) is 86.0 Å². The molecule has 0 spiro atoms. The zero-order valence-electron chi connectivity index (χ0n) is 55.8. The summed E-state index contributed by atoms with van der Waals surface area (Å²) in [6, 6.07) is 24.9. The minimum absolute atomic E-state index is 0.00463. The molecule has 8 unspecified atom stereocenters. The molecule has 2 fully saturated rings. The lowest BCUT2D eigenvalue weighted by atomic mass is 9.86. The molecule has 2 heterocycles. The Labute approximate surface area is 527 Å². The smallest absolute Gasteiger partial charge is 0.410 e. The van der Waals surface area contributed by atoms with E-state index in [9.17, 15) is 42.0 Å². The topological polar surface area (TPSA) is 239 Å². The van der Waals surface area contributed by atoms with Gasteiger partial charge in [-0.3, -0.25) is 24.0 Å². The minimum Gasteiger partial charge on any atom is -0.444 e. The number of likely N-dealkylation sites (N-methyl/N-ethyl adjacent to an activating group) is 3. The van der Waals surface area contributed by atoms with Crippen molar-refractivity contribution in [2.45, 2.75) is 164 Å². The van der Waals surface area contributed by atoms with Gasteiger partial charge >= 0.3 is 6.09 Å². The van der Waals surface area contributed by atoms with E-state index in [1.54, 1.807) is 83.6 Å². The first-order valence-corrected chi connectivity index (χ1v) is 33.4. The number of benzene rings is 3. The third-order valence-electron chi connectivity index (χ3n) is 14.4. The maximum absolute atomic E-state index is 14.1. The lowest BCUT2D eigenvalue weighted by Crippen LogP contribution is -2.55. The van der Waals surface area contributed by atoms with Gasteiger partial charge in [-0.2, -0.15) is 0 Å². The average molecular weight is 1250 g/mol. The van der Waals surface area contributed by atoms with Gasteiger partial charge in [0.25, 0.3) is 11.8 Å². The van der Waals surface area contributed by atoms with Gasteiger partial charge in [-0.15, -0.1) is 0 Å². The summed E-state index contributed by atoms with van der Waals surface area (Å²) in [5.74, 6) is -0.881. The number of nitrogens with one attached hydrogen (secondary N) is 5. The number of likely N-dealkylation sites (tertiary alicyclic amines) is 2. The third kappa shape index (κ3) is 29.3.